The Morgan fingerprint density at radius 2 is 1.87 bits per heavy atom. The molecule has 0 saturated carbocycles. The van der Waals surface area contributed by atoms with E-state index in [9.17, 15) is 12.8 Å². The lowest BCUT2D eigenvalue weighted by Gasteiger charge is -2.32. The van der Waals surface area contributed by atoms with E-state index in [2.05, 4.69) is 9.71 Å². The lowest BCUT2D eigenvalue weighted by atomic mass is 9.80. The fourth-order valence-corrected chi connectivity index (χ4v) is 2.54. The summed E-state index contributed by atoms with van der Waals surface area (Å²) in [4.78, 5) is 4.02. The number of ether oxygens (including phenoxy) is 1. The Kier molecular flexibility index (Phi) is 4.62. The van der Waals surface area contributed by atoms with Crippen LogP contribution < -0.4 is 14.9 Å². The third-order valence-corrected chi connectivity index (χ3v) is 4.82. The average molecular weight is 346 g/mol. The van der Waals surface area contributed by atoms with Crippen LogP contribution >= 0.6 is 0 Å². The molecule has 0 radical (unpaired) electrons. The van der Waals surface area contributed by atoms with Gasteiger partial charge >= 0.3 is 7.12 Å². The number of nitrogens with one attached hydrogen (secondary N) is 1. The maximum Gasteiger partial charge on any atom is 0.496 e. The van der Waals surface area contributed by atoms with Crippen LogP contribution in [0.15, 0.2) is 12.3 Å². The van der Waals surface area contributed by atoms with Gasteiger partial charge in [0.25, 0.3) is 10.0 Å². The summed E-state index contributed by atoms with van der Waals surface area (Å²) in [6.45, 7) is 7.60. The first-order valence-electron chi connectivity index (χ1n) is 6.97. The Balaban J connectivity index is 2.36. The molecule has 1 aliphatic heterocycles. The number of anilines is 1. The summed E-state index contributed by atoms with van der Waals surface area (Å²) in [5.74, 6) is 0.0299. The molecule has 0 aromatic carbocycles. The number of aromatic nitrogens is 1. The molecule has 1 saturated heterocycles. The normalized spacial score (nSPS) is 19.7. The predicted molar refractivity (Wildman–Crippen MR) is 85.0 cm³/mol. The molecule has 2 rings (SSSR count). The highest BCUT2D eigenvalue weighted by Crippen LogP contribution is 2.36. The molecule has 10 heteroatoms. The smallest absolute Gasteiger partial charge is 0.480 e. The molecule has 1 fully saturated rings. The number of nitrogens with zero attached hydrogens (tertiary/aromatic N) is 1. The number of rotatable bonds is 5. The van der Waals surface area contributed by atoms with Crippen molar-refractivity contribution in [3.63, 3.8) is 0 Å². The van der Waals surface area contributed by atoms with Crippen molar-refractivity contribution in [1.82, 2.24) is 4.98 Å². The highest BCUT2D eigenvalue weighted by atomic mass is 32.2. The van der Waals surface area contributed by atoms with Crippen molar-refractivity contribution < 1.29 is 26.9 Å². The molecule has 0 spiro atoms. The van der Waals surface area contributed by atoms with Gasteiger partial charge in [0.15, 0.2) is 0 Å². The third kappa shape index (κ3) is 3.59. The first kappa shape index (κ1) is 18.0. The topological polar surface area (TPSA) is 86.8 Å². The van der Waals surface area contributed by atoms with E-state index in [0.29, 0.717) is 5.46 Å². The number of pyridine rings is 1. The van der Waals surface area contributed by atoms with Gasteiger partial charge in [-0.25, -0.2) is 17.8 Å². The molecule has 1 aromatic rings. The van der Waals surface area contributed by atoms with Crippen molar-refractivity contribution in [1.29, 1.82) is 0 Å². The van der Waals surface area contributed by atoms with Crippen LogP contribution in [-0.2, 0) is 19.3 Å². The maximum atomic E-state index is 12.5. The minimum absolute atomic E-state index is 0.0253. The van der Waals surface area contributed by atoms with Gasteiger partial charge in [0.1, 0.15) is 5.69 Å². The van der Waals surface area contributed by atoms with Gasteiger partial charge in [-0.1, -0.05) is 0 Å². The fraction of sp³-hybridized carbons (Fsp3) is 0.615. The number of hydrogen-bond acceptors (Lipinski definition) is 6. The maximum absolute atomic E-state index is 12.5. The Hall–Kier alpha value is -1.39. The monoisotopic (exact) mass is 346 g/mol. The summed E-state index contributed by atoms with van der Waals surface area (Å²) in [6, 6.07) is -0.0853. The molecule has 0 aliphatic carbocycles. The zero-order valence-corrected chi connectivity index (χ0v) is 14.5. The fourth-order valence-electron chi connectivity index (χ4n) is 2.01. The van der Waals surface area contributed by atoms with Crippen LogP contribution in [0.3, 0.4) is 0 Å². The largest absolute Gasteiger partial charge is 0.496 e. The predicted octanol–water partition coefficient (Wildman–Crippen LogP) is 1.06. The number of sulfonamides is 1. The second kappa shape index (κ2) is 5.92. The summed E-state index contributed by atoms with van der Waals surface area (Å²) >= 11 is 0. The van der Waals surface area contributed by atoms with Crippen LogP contribution in [0.1, 0.15) is 27.7 Å². The van der Waals surface area contributed by atoms with Gasteiger partial charge in [-0.05, 0) is 33.8 Å². The Morgan fingerprint density at radius 3 is 2.35 bits per heavy atom. The van der Waals surface area contributed by atoms with Crippen molar-refractivity contribution in [3.8, 4) is 5.88 Å². The SMILES string of the molecule is COc1ncc(B2OC(C)(C)C(C)(C)O2)cc1NS(=O)(=O)CF. The molecule has 128 valence electrons. The van der Waals surface area contributed by atoms with Crippen LogP contribution in [0, 0.1) is 0 Å². The van der Waals surface area contributed by atoms with E-state index in [-0.39, 0.29) is 11.6 Å². The highest BCUT2D eigenvalue weighted by molar-refractivity contribution is 7.92. The Bertz CT molecular complexity index is 680. The zero-order valence-electron chi connectivity index (χ0n) is 13.7. The second-order valence-electron chi connectivity index (χ2n) is 6.24. The van der Waals surface area contributed by atoms with E-state index >= 15 is 0 Å². The van der Waals surface area contributed by atoms with Crippen LogP contribution in [0.5, 0.6) is 5.88 Å². The van der Waals surface area contributed by atoms with Gasteiger partial charge < -0.3 is 14.0 Å². The molecule has 1 aromatic heterocycles. The van der Waals surface area contributed by atoms with E-state index in [1.54, 1.807) is 0 Å². The number of hydrogen-bond donors (Lipinski definition) is 1. The van der Waals surface area contributed by atoms with Crippen LogP contribution in [-0.4, -0.2) is 44.8 Å². The summed E-state index contributed by atoms with van der Waals surface area (Å²) in [7, 11) is -3.49. The first-order valence-corrected chi connectivity index (χ1v) is 8.62. The highest BCUT2D eigenvalue weighted by Gasteiger charge is 2.52. The summed E-state index contributed by atoms with van der Waals surface area (Å²) in [5.41, 5.74) is -0.565. The number of alkyl halides is 1. The quantitative estimate of drug-likeness (QED) is 0.803. The molecular weight excluding hydrogens is 326 g/mol. The summed E-state index contributed by atoms with van der Waals surface area (Å²) in [5, 5.41) is 0. The van der Waals surface area contributed by atoms with E-state index in [4.69, 9.17) is 14.0 Å². The molecule has 0 atom stereocenters. The van der Waals surface area contributed by atoms with Gasteiger partial charge in [0.2, 0.25) is 11.9 Å². The lowest BCUT2D eigenvalue weighted by Crippen LogP contribution is -2.41. The number of halogens is 1. The average Bonchev–Trinajstić information content (AvgIpc) is 2.67. The van der Waals surface area contributed by atoms with Crippen LogP contribution in [0.2, 0.25) is 0 Å². The van der Waals surface area contributed by atoms with E-state index < -0.39 is 34.4 Å². The van der Waals surface area contributed by atoms with Gasteiger partial charge in [0, 0.05) is 11.7 Å². The molecule has 7 nitrogen and oxygen atoms in total. The van der Waals surface area contributed by atoms with Crippen LogP contribution in [0.4, 0.5) is 10.1 Å². The molecule has 2 heterocycles. The van der Waals surface area contributed by atoms with Gasteiger partial charge in [0.05, 0.1) is 18.3 Å². The van der Waals surface area contributed by atoms with E-state index in [1.807, 2.05) is 27.7 Å². The second-order valence-corrected chi connectivity index (χ2v) is 7.89. The number of methoxy groups -OCH3 is 1. The van der Waals surface area contributed by atoms with Gasteiger partial charge in [-0.2, -0.15) is 0 Å². The molecule has 0 bridgehead atoms. The molecule has 23 heavy (non-hydrogen) atoms. The standard InChI is InChI=1S/C13H20BFN2O5S/c1-12(2)13(3,4)22-14(21-12)9-6-10(11(20-5)16-7-9)17-23(18,19)8-15/h6-7,17H,8H2,1-5H3. The van der Waals surface area contributed by atoms with Crippen LogP contribution in [0.25, 0.3) is 0 Å². The Morgan fingerprint density at radius 1 is 1.30 bits per heavy atom. The zero-order chi connectivity index (χ0) is 17.5. The van der Waals surface area contributed by atoms with Crippen molar-refractivity contribution in [2.75, 3.05) is 17.8 Å². The first-order chi connectivity index (χ1) is 10.5. The minimum atomic E-state index is -4.11. The summed E-state index contributed by atoms with van der Waals surface area (Å²) in [6.07, 6.45) is 1.47. The molecule has 0 unspecified atom stereocenters. The van der Waals surface area contributed by atoms with Crippen molar-refractivity contribution in [3.05, 3.63) is 12.3 Å². The van der Waals surface area contributed by atoms with Crippen molar-refractivity contribution in [2.45, 2.75) is 38.9 Å². The Labute approximate surface area is 135 Å². The molecule has 0 amide bonds. The summed E-state index contributed by atoms with van der Waals surface area (Å²) < 4.78 is 54.3. The molecular formula is C13H20BFN2O5S. The van der Waals surface area contributed by atoms with E-state index in [0.717, 1.165) is 0 Å². The van der Waals surface area contributed by atoms with Crippen molar-refractivity contribution >= 4 is 28.3 Å². The molecule has 1 aliphatic rings. The van der Waals surface area contributed by atoms with E-state index in [1.165, 1.54) is 19.4 Å². The third-order valence-electron chi connectivity index (χ3n) is 4.00. The molecule has 1 N–H and O–H groups in total. The minimum Gasteiger partial charge on any atom is -0.480 e. The van der Waals surface area contributed by atoms with Gasteiger partial charge in [-0.3, -0.25) is 4.72 Å². The van der Waals surface area contributed by atoms with Crippen molar-refractivity contribution in [2.24, 2.45) is 0 Å². The lowest BCUT2D eigenvalue weighted by molar-refractivity contribution is 0.00578. The van der Waals surface area contributed by atoms with Gasteiger partial charge in [-0.15, -0.1) is 0 Å².